The fraction of sp³-hybridized carbons (Fsp3) is 0.600. The summed E-state index contributed by atoms with van der Waals surface area (Å²) >= 11 is 1.61. The molecular formula is C35H51N7O5S. The molecule has 48 heavy (non-hydrogen) atoms. The number of aliphatic hydroxyl groups excluding tert-OH is 1. The van der Waals surface area contributed by atoms with Crippen LogP contribution in [0.5, 0.6) is 0 Å². The van der Waals surface area contributed by atoms with E-state index >= 15 is 0 Å². The molecule has 2 saturated heterocycles. The van der Waals surface area contributed by atoms with E-state index in [0.717, 1.165) is 66.2 Å². The molecule has 2 fully saturated rings. The maximum atomic E-state index is 13.8. The summed E-state index contributed by atoms with van der Waals surface area (Å²) in [5.74, 6) is -0.184. The van der Waals surface area contributed by atoms with Gasteiger partial charge in [-0.1, -0.05) is 43.3 Å². The number of piperidine rings is 1. The summed E-state index contributed by atoms with van der Waals surface area (Å²) in [7, 11) is 0. The van der Waals surface area contributed by atoms with Gasteiger partial charge in [0.15, 0.2) is 17.8 Å². The fourth-order valence-corrected chi connectivity index (χ4v) is 7.07. The minimum absolute atomic E-state index is 0.145. The third-order valence-electron chi connectivity index (χ3n) is 9.48. The molecule has 262 valence electrons. The number of nitrogens with one attached hydrogen (secondary N) is 1. The van der Waals surface area contributed by atoms with Gasteiger partial charge in [0.25, 0.3) is 0 Å². The van der Waals surface area contributed by atoms with Gasteiger partial charge >= 0.3 is 5.97 Å². The first-order valence-corrected chi connectivity index (χ1v) is 17.6. The number of nitrogens with zero attached hydrogens (tertiary/aromatic N) is 6. The maximum Gasteiger partial charge on any atom is 0.308 e. The third kappa shape index (κ3) is 7.79. The zero-order valence-corrected chi connectivity index (χ0v) is 30.1. The third-order valence-corrected chi connectivity index (χ3v) is 10.5. The molecule has 3 N–H and O–H groups in total. The van der Waals surface area contributed by atoms with Crippen LogP contribution < -0.4 is 10.2 Å². The molecule has 0 saturated carbocycles. The molecule has 0 aliphatic carbocycles. The van der Waals surface area contributed by atoms with Crippen molar-refractivity contribution in [3.63, 3.8) is 0 Å². The molecule has 3 atom stereocenters. The van der Waals surface area contributed by atoms with E-state index in [2.05, 4.69) is 37.6 Å². The highest BCUT2D eigenvalue weighted by atomic mass is 32.1. The first kappa shape index (κ1) is 37.1. The van der Waals surface area contributed by atoms with Crippen molar-refractivity contribution in [2.24, 2.45) is 10.8 Å². The van der Waals surface area contributed by atoms with Gasteiger partial charge < -0.3 is 20.4 Å². The van der Waals surface area contributed by atoms with Crippen molar-refractivity contribution < 1.29 is 24.6 Å². The van der Waals surface area contributed by atoms with Crippen molar-refractivity contribution in [2.75, 3.05) is 31.1 Å². The average molecular weight is 682 g/mol. The molecule has 0 bridgehead atoms. The van der Waals surface area contributed by atoms with Crippen LogP contribution in [0.1, 0.15) is 90.9 Å². The molecule has 0 radical (unpaired) electrons. The van der Waals surface area contributed by atoms with Crippen LogP contribution in [0.4, 0.5) is 5.82 Å². The number of benzene rings is 1. The number of hydrogen-bond donors (Lipinski definition) is 3. The predicted molar refractivity (Wildman–Crippen MR) is 187 cm³/mol. The number of amides is 1. The van der Waals surface area contributed by atoms with Crippen LogP contribution in [0.25, 0.3) is 10.4 Å². The molecule has 2 aliphatic heterocycles. The molecule has 0 spiro atoms. The minimum atomic E-state index is -1.39. The van der Waals surface area contributed by atoms with Gasteiger partial charge in [0, 0.05) is 25.0 Å². The molecule has 13 heteroatoms. The zero-order chi connectivity index (χ0) is 35.3. The van der Waals surface area contributed by atoms with Gasteiger partial charge in [-0.25, -0.2) is 9.67 Å². The molecular weight excluding hydrogens is 630 g/mol. The molecule has 3 aromatic rings. The summed E-state index contributed by atoms with van der Waals surface area (Å²) < 4.78 is 1.58. The molecule has 4 heterocycles. The lowest BCUT2D eigenvalue weighted by Gasteiger charge is -2.49. The molecule has 1 amide bonds. The molecule has 1 aromatic carbocycles. The van der Waals surface area contributed by atoms with Crippen LogP contribution in [0.3, 0.4) is 0 Å². The lowest BCUT2D eigenvalue weighted by atomic mass is 9.78. The summed E-state index contributed by atoms with van der Waals surface area (Å²) in [6.45, 7) is 14.7. The first-order valence-electron chi connectivity index (χ1n) is 16.7. The largest absolute Gasteiger partial charge is 0.481 e. The molecule has 2 aromatic heterocycles. The first-order chi connectivity index (χ1) is 22.7. The zero-order valence-electron chi connectivity index (χ0n) is 29.3. The molecule has 5 rings (SSSR count). The second-order valence-corrected chi connectivity index (χ2v) is 15.3. The van der Waals surface area contributed by atoms with Crippen LogP contribution in [-0.4, -0.2) is 85.5 Å². The SMILES string of the molecule is CC(C)(C)C(=O)O.Cc1ncsc1-c1ccc([C@H](C)NC(=O)[C@@H]2CCCN2[C@](C=O)(n2cc(N3CCCCC3)nn2)C(C)(C)CO)cc1. The number of hydrogen-bond acceptors (Lipinski definition) is 10. The van der Waals surface area contributed by atoms with Crippen molar-refractivity contribution in [1.82, 2.24) is 30.2 Å². The van der Waals surface area contributed by atoms with E-state index in [0.29, 0.717) is 13.0 Å². The number of likely N-dealkylation sites (tertiary alicyclic amines) is 1. The quantitative estimate of drug-likeness (QED) is 0.248. The fourth-order valence-electron chi connectivity index (χ4n) is 6.26. The van der Waals surface area contributed by atoms with Gasteiger partial charge in [-0.15, -0.1) is 16.4 Å². The Kier molecular flexibility index (Phi) is 11.8. The number of anilines is 1. The Morgan fingerprint density at radius 2 is 1.71 bits per heavy atom. The number of carbonyl (C=O) groups is 3. The predicted octanol–water partition coefficient (Wildman–Crippen LogP) is 5.03. The highest BCUT2D eigenvalue weighted by Crippen LogP contribution is 2.43. The summed E-state index contributed by atoms with van der Waals surface area (Å²) in [4.78, 5) is 46.6. The Bertz CT molecular complexity index is 1540. The Morgan fingerprint density at radius 1 is 1.06 bits per heavy atom. The topological polar surface area (TPSA) is 154 Å². The number of carboxylic acid groups (broad SMARTS) is 1. The Morgan fingerprint density at radius 3 is 2.25 bits per heavy atom. The highest BCUT2D eigenvalue weighted by molar-refractivity contribution is 7.13. The van der Waals surface area contributed by atoms with Crippen molar-refractivity contribution in [3.8, 4) is 10.4 Å². The van der Waals surface area contributed by atoms with E-state index in [4.69, 9.17) is 5.11 Å². The number of carbonyl (C=O) groups excluding carboxylic acids is 2. The minimum Gasteiger partial charge on any atom is -0.481 e. The van der Waals surface area contributed by atoms with Crippen LogP contribution in [-0.2, 0) is 20.0 Å². The van der Waals surface area contributed by atoms with Gasteiger partial charge in [-0.2, -0.15) is 0 Å². The van der Waals surface area contributed by atoms with E-state index in [-0.39, 0.29) is 18.6 Å². The lowest BCUT2D eigenvalue weighted by molar-refractivity contribution is -0.155. The monoisotopic (exact) mass is 681 g/mol. The average Bonchev–Trinajstić information content (AvgIpc) is 3.84. The van der Waals surface area contributed by atoms with E-state index in [9.17, 15) is 19.5 Å². The van der Waals surface area contributed by atoms with E-state index < -0.39 is 28.5 Å². The summed E-state index contributed by atoms with van der Waals surface area (Å²) in [5, 5.41) is 30.8. The number of carboxylic acids is 1. The number of aliphatic carboxylic acids is 1. The van der Waals surface area contributed by atoms with Crippen molar-refractivity contribution in [3.05, 3.63) is 47.2 Å². The summed E-state index contributed by atoms with van der Waals surface area (Å²) in [6, 6.07) is 7.41. The van der Waals surface area contributed by atoms with E-state index in [1.165, 1.54) is 6.42 Å². The smallest absolute Gasteiger partial charge is 0.308 e. The Balaban J connectivity index is 0.000000671. The second kappa shape index (κ2) is 15.3. The van der Waals surface area contributed by atoms with Crippen LogP contribution in [0.15, 0.2) is 36.0 Å². The second-order valence-electron chi connectivity index (χ2n) is 14.5. The van der Waals surface area contributed by atoms with Crippen LogP contribution in [0.2, 0.25) is 0 Å². The number of aromatic nitrogens is 4. The molecule has 12 nitrogen and oxygen atoms in total. The molecule has 2 aliphatic rings. The van der Waals surface area contributed by atoms with Crippen LogP contribution >= 0.6 is 11.3 Å². The van der Waals surface area contributed by atoms with Gasteiger partial charge in [0.1, 0.15) is 0 Å². The number of aryl methyl sites for hydroxylation is 1. The number of rotatable bonds is 10. The van der Waals surface area contributed by atoms with E-state index in [1.807, 2.05) is 50.2 Å². The Labute approximate surface area is 287 Å². The van der Waals surface area contributed by atoms with Crippen LogP contribution in [0, 0.1) is 17.8 Å². The van der Waals surface area contributed by atoms with Crippen molar-refractivity contribution in [1.29, 1.82) is 0 Å². The normalized spacial score (nSPS) is 19.2. The van der Waals surface area contributed by atoms with Gasteiger partial charge in [0.05, 0.1) is 46.4 Å². The molecule has 0 unspecified atom stereocenters. The summed E-state index contributed by atoms with van der Waals surface area (Å²) in [5.41, 5.74) is 2.03. The number of aldehydes is 1. The number of thiazole rings is 1. The summed E-state index contributed by atoms with van der Waals surface area (Å²) in [6.07, 6.45) is 7.38. The van der Waals surface area contributed by atoms with Gasteiger partial charge in [-0.05, 0) is 77.8 Å². The number of aliphatic hydroxyl groups is 1. The van der Waals surface area contributed by atoms with Gasteiger partial charge in [-0.3, -0.25) is 19.3 Å². The highest BCUT2D eigenvalue weighted by Gasteiger charge is 2.56. The maximum absolute atomic E-state index is 13.8. The van der Waals surface area contributed by atoms with E-state index in [1.54, 1.807) is 43.0 Å². The van der Waals surface area contributed by atoms with Crippen molar-refractivity contribution >= 4 is 35.3 Å². The standard InChI is InChI=1S/C30H41N7O3S.C5H10O2/c1-21(23-10-12-24(13-11-23)27-22(2)31-20-41-27)32-28(40)25-9-8-16-36(25)30(19-39,29(3,4)18-38)37-17-26(33-34-37)35-14-6-5-7-15-35;1-5(2,3)4(6)7/h10-13,17,19-21,25,38H,5-9,14-16,18H2,1-4H3,(H,32,40);1-3H3,(H,6,7)/t21-,25-,30+;/m0./s1. The van der Waals surface area contributed by atoms with Gasteiger partial charge in [0.2, 0.25) is 5.91 Å². The Hall–Kier alpha value is -3.68. The lowest BCUT2D eigenvalue weighted by Crippen LogP contribution is -2.65. The van der Waals surface area contributed by atoms with Crippen molar-refractivity contribution in [2.45, 2.75) is 98.3 Å².